The van der Waals surface area contributed by atoms with E-state index >= 15 is 0 Å². The molecule has 1 fully saturated rings. The monoisotopic (exact) mass is 448 g/mol. The van der Waals surface area contributed by atoms with Crippen LogP contribution in [0.25, 0.3) is 10.9 Å². The lowest BCUT2D eigenvalue weighted by Crippen LogP contribution is -2.52. The number of pyridine rings is 2. The van der Waals surface area contributed by atoms with Crippen molar-refractivity contribution in [3.63, 3.8) is 0 Å². The van der Waals surface area contributed by atoms with Gasteiger partial charge in [0.15, 0.2) is 5.82 Å². The topological polar surface area (TPSA) is 126 Å². The summed E-state index contributed by atoms with van der Waals surface area (Å²) < 4.78 is 0. The van der Waals surface area contributed by atoms with Crippen molar-refractivity contribution >= 4 is 28.4 Å². The van der Waals surface area contributed by atoms with Gasteiger partial charge in [-0.3, -0.25) is 15.0 Å². The Labute approximate surface area is 194 Å². The molecule has 4 heterocycles. The number of H-pyrrole nitrogens is 1. The van der Waals surface area contributed by atoms with E-state index in [4.69, 9.17) is 10.2 Å². The average Bonchev–Trinajstić information content (AvgIpc) is 3.30. The Bertz CT molecular complexity index is 1090. The van der Waals surface area contributed by atoms with E-state index in [1.807, 2.05) is 18.2 Å². The molecule has 1 aliphatic rings. The van der Waals surface area contributed by atoms with Crippen LogP contribution in [-0.4, -0.2) is 54.8 Å². The minimum atomic E-state index is -0.0988. The van der Waals surface area contributed by atoms with Crippen molar-refractivity contribution in [1.29, 1.82) is 5.26 Å². The summed E-state index contributed by atoms with van der Waals surface area (Å²) in [6.07, 6.45) is 6.50. The third-order valence-electron chi connectivity index (χ3n) is 6.47. The van der Waals surface area contributed by atoms with Crippen molar-refractivity contribution in [3.05, 3.63) is 36.2 Å². The molecule has 174 valence electrons. The first-order valence-corrected chi connectivity index (χ1v) is 11.7. The summed E-state index contributed by atoms with van der Waals surface area (Å²) in [5.74, 6) is 2.04. The number of nitrogens with zero attached hydrogens (tertiary/aromatic N) is 5. The highest BCUT2D eigenvalue weighted by molar-refractivity contribution is 5.91. The lowest BCUT2D eigenvalue weighted by molar-refractivity contribution is 0.0735. The quantitative estimate of drug-likeness (QED) is 0.388. The first-order valence-electron chi connectivity index (χ1n) is 11.7. The zero-order chi connectivity index (χ0) is 23.2. The molecule has 4 N–H and O–H groups in total. The van der Waals surface area contributed by atoms with Crippen LogP contribution in [0.1, 0.15) is 51.6 Å². The average molecular weight is 449 g/mol. The third-order valence-corrected chi connectivity index (χ3v) is 6.47. The van der Waals surface area contributed by atoms with Crippen molar-refractivity contribution < 1.29 is 5.11 Å². The van der Waals surface area contributed by atoms with Crippen LogP contribution in [0.2, 0.25) is 0 Å². The molecule has 0 saturated carbocycles. The summed E-state index contributed by atoms with van der Waals surface area (Å²) in [7, 11) is 0. The van der Waals surface area contributed by atoms with Gasteiger partial charge in [-0.15, -0.1) is 0 Å². The van der Waals surface area contributed by atoms with Gasteiger partial charge >= 0.3 is 0 Å². The van der Waals surface area contributed by atoms with Crippen molar-refractivity contribution in [2.45, 2.75) is 70.7 Å². The molecule has 0 bridgehead atoms. The molecule has 1 saturated heterocycles. The molecule has 33 heavy (non-hydrogen) atoms. The number of nitrogens with one attached hydrogen (secondary N) is 3. The largest absolute Gasteiger partial charge is 0.390 e. The number of rotatable bonds is 9. The highest BCUT2D eigenvalue weighted by atomic mass is 16.3. The van der Waals surface area contributed by atoms with E-state index in [-0.39, 0.29) is 12.6 Å². The fourth-order valence-electron chi connectivity index (χ4n) is 4.87. The summed E-state index contributed by atoms with van der Waals surface area (Å²) in [4.78, 5) is 11.9. The number of aromatic nitrogens is 4. The number of aromatic amines is 1. The third kappa shape index (κ3) is 5.24. The summed E-state index contributed by atoms with van der Waals surface area (Å²) in [6, 6.07) is 11.1. The first kappa shape index (κ1) is 23.0. The van der Waals surface area contributed by atoms with Crippen LogP contribution in [0, 0.1) is 11.3 Å². The van der Waals surface area contributed by atoms with Crippen molar-refractivity contribution in [1.82, 2.24) is 25.1 Å². The van der Waals surface area contributed by atoms with Crippen molar-refractivity contribution in [2.24, 2.45) is 0 Å². The Morgan fingerprint density at radius 3 is 2.67 bits per heavy atom. The van der Waals surface area contributed by atoms with Crippen LogP contribution in [0.4, 0.5) is 17.5 Å². The maximum atomic E-state index is 9.28. The zero-order valence-corrected chi connectivity index (χ0v) is 19.3. The molecule has 2 unspecified atom stereocenters. The fraction of sp³-hybridized carbons (Fsp3) is 0.500. The number of hydrogen-bond donors (Lipinski definition) is 4. The molecule has 9 nitrogen and oxygen atoms in total. The number of likely N-dealkylation sites (tertiary alicyclic amines) is 1. The summed E-state index contributed by atoms with van der Waals surface area (Å²) >= 11 is 0. The van der Waals surface area contributed by atoms with E-state index < -0.39 is 0 Å². The van der Waals surface area contributed by atoms with Gasteiger partial charge in [-0.2, -0.15) is 10.4 Å². The van der Waals surface area contributed by atoms with Gasteiger partial charge in [-0.1, -0.05) is 13.8 Å². The maximum Gasteiger partial charge on any atom is 0.153 e. The smallest absolute Gasteiger partial charge is 0.153 e. The molecule has 0 spiro atoms. The lowest BCUT2D eigenvalue weighted by atomic mass is 9.88. The molecule has 0 aromatic carbocycles. The lowest BCUT2D eigenvalue weighted by Gasteiger charge is -2.45. The van der Waals surface area contributed by atoms with E-state index in [0.29, 0.717) is 35.8 Å². The van der Waals surface area contributed by atoms with Gasteiger partial charge in [0.25, 0.3) is 0 Å². The number of piperidine rings is 1. The number of fused-ring (bicyclic) bond motifs is 1. The Hall–Kier alpha value is -3.22. The van der Waals surface area contributed by atoms with E-state index in [2.05, 4.69) is 50.6 Å². The number of aliphatic hydroxyl groups excluding tert-OH is 1. The van der Waals surface area contributed by atoms with Crippen LogP contribution >= 0.6 is 0 Å². The van der Waals surface area contributed by atoms with Crippen LogP contribution in [0.3, 0.4) is 0 Å². The summed E-state index contributed by atoms with van der Waals surface area (Å²) in [5, 5.41) is 33.2. The van der Waals surface area contributed by atoms with E-state index in [1.165, 1.54) is 0 Å². The maximum absolute atomic E-state index is 9.28. The first-order chi connectivity index (χ1) is 16.1. The minimum absolute atomic E-state index is 0.0988. The predicted molar refractivity (Wildman–Crippen MR) is 129 cm³/mol. The van der Waals surface area contributed by atoms with Crippen molar-refractivity contribution in [2.75, 3.05) is 17.2 Å². The highest BCUT2D eigenvalue weighted by Gasteiger charge is 2.33. The van der Waals surface area contributed by atoms with Gasteiger partial charge in [0.1, 0.15) is 11.6 Å². The zero-order valence-electron chi connectivity index (χ0n) is 19.3. The molecular formula is C24H32N8O. The van der Waals surface area contributed by atoms with Gasteiger partial charge in [-0.25, -0.2) is 4.98 Å². The summed E-state index contributed by atoms with van der Waals surface area (Å²) in [5.41, 5.74) is 1.48. The molecular weight excluding hydrogens is 416 g/mol. The van der Waals surface area contributed by atoms with Crippen LogP contribution < -0.4 is 10.6 Å². The van der Waals surface area contributed by atoms with E-state index in [0.717, 1.165) is 48.9 Å². The number of anilines is 3. The standard InChI is InChI=1S/C24H32N8O/c1-3-18-11-16(12-19(4-2)32(18)10-6-8-25)27-24-20-7-5-9-26-21(20)14-22(29-24)28-23-13-17(15-33)30-31-23/h5,7,9,13-14,16,18-19,33H,3-4,6,10-12,15H2,1-2H3,(H3,27,28,29,30,31). The molecule has 1 aliphatic heterocycles. The molecule has 2 atom stereocenters. The second-order valence-corrected chi connectivity index (χ2v) is 8.57. The van der Waals surface area contributed by atoms with Gasteiger partial charge in [0, 0.05) is 54.8 Å². The fourth-order valence-corrected chi connectivity index (χ4v) is 4.87. The van der Waals surface area contributed by atoms with Gasteiger partial charge in [0.2, 0.25) is 0 Å². The second kappa shape index (κ2) is 10.6. The number of aliphatic hydroxyl groups is 1. The summed E-state index contributed by atoms with van der Waals surface area (Å²) in [6.45, 7) is 5.19. The van der Waals surface area contributed by atoms with Crippen LogP contribution in [-0.2, 0) is 6.61 Å². The predicted octanol–water partition coefficient (Wildman–Crippen LogP) is 3.94. The SMILES string of the molecule is CCC1CC(Nc2nc(Nc3cc(CO)[nH]n3)cc3ncccc23)CC(CC)N1CCC#N. The number of nitriles is 1. The van der Waals surface area contributed by atoms with Gasteiger partial charge < -0.3 is 15.7 Å². The molecule has 9 heteroatoms. The minimum Gasteiger partial charge on any atom is -0.390 e. The molecule has 0 radical (unpaired) electrons. The van der Waals surface area contributed by atoms with Crippen molar-refractivity contribution in [3.8, 4) is 6.07 Å². The molecule has 0 aliphatic carbocycles. The molecule has 4 rings (SSSR count). The van der Waals surface area contributed by atoms with Gasteiger partial charge in [0.05, 0.1) is 23.9 Å². The highest BCUT2D eigenvalue weighted by Crippen LogP contribution is 2.31. The normalized spacial score (nSPS) is 21.1. The van der Waals surface area contributed by atoms with E-state index in [1.54, 1.807) is 12.3 Å². The second-order valence-electron chi connectivity index (χ2n) is 8.57. The Morgan fingerprint density at radius 1 is 1.21 bits per heavy atom. The number of hydrogen-bond acceptors (Lipinski definition) is 8. The molecule has 0 amide bonds. The molecule has 3 aromatic heterocycles. The van der Waals surface area contributed by atoms with Gasteiger partial charge in [-0.05, 0) is 37.8 Å². The Morgan fingerprint density at radius 2 is 2.00 bits per heavy atom. The van der Waals surface area contributed by atoms with Crippen LogP contribution in [0.15, 0.2) is 30.5 Å². The Kier molecular flexibility index (Phi) is 7.37. The van der Waals surface area contributed by atoms with E-state index in [9.17, 15) is 5.11 Å². The molecule has 3 aromatic rings. The Balaban J connectivity index is 1.59. The van der Waals surface area contributed by atoms with Crippen LogP contribution in [0.5, 0.6) is 0 Å².